The van der Waals surface area contributed by atoms with E-state index in [2.05, 4.69) is 80.4 Å². The molecule has 0 aliphatic rings. The Morgan fingerprint density at radius 2 is 1.36 bits per heavy atom. The highest BCUT2D eigenvalue weighted by molar-refractivity contribution is 14.3. The van der Waals surface area contributed by atoms with Crippen molar-refractivity contribution in [3.8, 4) is 0 Å². The van der Waals surface area contributed by atoms with Crippen LogP contribution >= 0.6 is 80.4 Å². The minimum atomic E-state index is 0.743. The molecule has 0 aliphatic heterocycles. The standard InChI is InChI=1S/C6H6S.CHI3/c7-6-4-2-1-3-5-6;2-1(3)4/h1-5,7H;1H. The Bertz CT molecular complexity index is 174. The van der Waals surface area contributed by atoms with Gasteiger partial charge in [-0.3, -0.25) is 0 Å². The number of hydrogen-bond acceptors (Lipinski definition) is 1. The maximum absolute atomic E-state index is 4.08. The Hall–Kier alpha value is 1.76. The predicted octanol–water partition coefficient (Wildman–Crippen LogP) is 4.55. The molecule has 0 amide bonds. The van der Waals surface area contributed by atoms with Crippen molar-refractivity contribution in [2.45, 2.75) is 4.83 Å². The molecule has 0 spiro atoms. The molecule has 0 nitrogen and oxygen atoms in total. The van der Waals surface area contributed by atoms with Gasteiger partial charge in [-0.1, -0.05) is 86.0 Å². The first-order valence-electron chi connectivity index (χ1n) is 2.79. The van der Waals surface area contributed by atoms with Crippen LogP contribution in [0.2, 0.25) is 0 Å². The molecule has 0 unspecified atom stereocenters. The second-order valence-corrected chi connectivity index (χ2v) is 13.0. The first kappa shape index (κ1) is 12.8. The second-order valence-electron chi connectivity index (χ2n) is 1.58. The Morgan fingerprint density at radius 3 is 1.55 bits per heavy atom. The molecule has 0 bridgehead atoms. The topological polar surface area (TPSA) is 0 Å². The van der Waals surface area contributed by atoms with Crippen LogP contribution in [0.3, 0.4) is 0 Å². The van der Waals surface area contributed by atoms with E-state index < -0.39 is 0 Å². The van der Waals surface area contributed by atoms with Crippen molar-refractivity contribution in [3.05, 3.63) is 30.3 Å². The fourth-order valence-corrected chi connectivity index (χ4v) is 0.600. The summed E-state index contributed by atoms with van der Waals surface area (Å²) in [5.41, 5.74) is 0. The molecule has 0 saturated carbocycles. The molecule has 1 rings (SSSR count). The fourth-order valence-electron chi connectivity index (χ4n) is 0.428. The van der Waals surface area contributed by atoms with Gasteiger partial charge < -0.3 is 0 Å². The average molecular weight is 504 g/mol. The van der Waals surface area contributed by atoms with E-state index in [0.717, 1.165) is 4.83 Å². The Labute approximate surface area is 114 Å². The van der Waals surface area contributed by atoms with Crippen LogP contribution in [0.15, 0.2) is 35.2 Å². The quantitative estimate of drug-likeness (QED) is 0.300. The molecule has 0 radical (unpaired) electrons. The van der Waals surface area contributed by atoms with E-state index in [4.69, 9.17) is 0 Å². The summed E-state index contributed by atoms with van der Waals surface area (Å²) in [5.74, 6) is 0. The number of thiol groups is 1. The second kappa shape index (κ2) is 8.36. The zero-order valence-corrected chi connectivity index (χ0v) is 12.9. The Kier molecular flexibility index (Phi) is 9.70. The van der Waals surface area contributed by atoms with Crippen LogP contribution in [0.1, 0.15) is 0 Å². The van der Waals surface area contributed by atoms with Crippen LogP contribution < -0.4 is 0 Å². The third-order valence-corrected chi connectivity index (χ3v) is 1.05. The van der Waals surface area contributed by atoms with Gasteiger partial charge in [0.25, 0.3) is 0 Å². The molecular weight excluding hydrogens is 497 g/mol. The van der Waals surface area contributed by atoms with Crippen molar-refractivity contribution in [2.75, 3.05) is 0 Å². The summed E-state index contributed by atoms with van der Waals surface area (Å²) in [6, 6.07) is 9.79. The lowest BCUT2D eigenvalue weighted by atomic mass is 10.4. The molecule has 11 heavy (non-hydrogen) atoms. The third-order valence-electron chi connectivity index (χ3n) is 0.756. The van der Waals surface area contributed by atoms with E-state index in [9.17, 15) is 0 Å². The van der Waals surface area contributed by atoms with Crippen LogP contribution in [0.5, 0.6) is 0 Å². The summed E-state index contributed by atoms with van der Waals surface area (Å²) in [4.78, 5) is 1.02. The van der Waals surface area contributed by atoms with Crippen LogP contribution in [-0.2, 0) is 0 Å². The number of rotatable bonds is 0. The van der Waals surface area contributed by atoms with Crippen molar-refractivity contribution < 1.29 is 0 Å². The van der Waals surface area contributed by atoms with Gasteiger partial charge in [0.2, 0.25) is 0 Å². The maximum atomic E-state index is 4.08. The highest BCUT2D eigenvalue weighted by atomic mass is 127. The largest absolute Gasteiger partial charge is 0.143 e. The van der Waals surface area contributed by atoms with Gasteiger partial charge in [0.05, 0.1) is 0 Å². The Morgan fingerprint density at radius 1 is 1.00 bits per heavy atom. The summed E-state index contributed by atoms with van der Waals surface area (Å²) >= 11 is 11.0. The summed E-state index contributed by atoms with van der Waals surface area (Å²) < 4.78 is 0.743. The lowest BCUT2D eigenvalue weighted by Crippen LogP contribution is -1.56. The van der Waals surface area contributed by atoms with Crippen LogP contribution in [-0.4, -0.2) is -0.0619 Å². The van der Waals surface area contributed by atoms with E-state index in [1.54, 1.807) is 0 Å². The highest BCUT2D eigenvalue weighted by Crippen LogP contribution is 2.16. The van der Waals surface area contributed by atoms with Gasteiger partial charge in [-0.05, 0) is 12.1 Å². The summed E-state index contributed by atoms with van der Waals surface area (Å²) in [6.45, 7) is 0. The van der Waals surface area contributed by atoms with Gasteiger partial charge in [0.15, 0.2) is 0 Å². The van der Waals surface area contributed by atoms with E-state index in [-0.39, 0.29) is 0 Å². The molecule has 0 N–H and O–H groups in total. The maximum Gasteiger partial charge on any atom is 0.114 e. The molecule has 4 heteroatoms. The van der Waals surface area contributed by atoms with Crippen molar-refractivity contribution in [2.24, 2.45) is 0 Å². The number of alkyl halides is 3. The first-order chi connectivity index (χ1) is 5.13. The van der Waals surface area contributed by atoms with Gasteiger partial charge in [0.1, 0.15) is -0.0619 Å². The van der Waals surface area contributed by atoms with Crippen molar-refractivity contribution >= 4 is 80.4 Å². The predicted molar refractivity (Wildman–Crippen MR) is 79.5 cm³/mol. The molecule has 1 aromatic rings. The van der Waals surface area contributed by atoms with Crippen molar-refractivity contribution in [1.29, 1.82) is 0 Å². The van der Waals surface area contributed by atoms with Gasteiger partial charge in [-0.25, -0.2) is 0 Å². The molecule has 0 aromatic heterocycles. The number of benzene rings is 1. The monoisotopic (exact) mass is 504 g/mol. The summed E-state index contributed by atoms with van der Waals surface area (Å²) in [7, 11) is 0. The van der Waals surface area contributed by atoms with Gasteiger partial charge >= 0.3 is 0 Å². The summed E-state index contributed by atoms with van der Waals surface area (Å²) in [6.07, 6.45) is 0. The summed E-state index contributed by atoms with van der Waals surface area (Å²) in [5, 5.41) is 0. The highest BCUT2D eigenvalue weighted by Gasteiger charge is 1.76. The van der Waals surface area contributed by atoms with Crippen LogP contribution in [0.4, 0.5) is 0 Å². The molecular formula is C7H7I3S. The molecule has 0 saturated heterocycles. The molecule has 0 aliphatic carbocycles. The SMILES string of the molecule is IC(I)I.Sc1ccccc1. The molecule has 0 atom stereocenters. The molecule has 0 heterocycles. The smallest absolute Gasteiger partial charge is 0.114 e. The van der Waals surface area contributed by atoms with E-state index >= 15 is 0 Å². The molecule has 62 valence electrons. The Balaban J connectivity index is 0.000000218. The normalized spacial score (nSPS) is 8.82. The minimum absolute atomic E-state index is 0.743. The number of hydrogen-bond donors (Lipinski definition) is 1. The van der Waals surface area contributed by atoms with Crippen molar-refractivity contribution in [1.82, 2.24) is 0 Å². The first-order valence-corrected chi connectivity index (χ1v) is 6.97. The number of halogens is 3. The zero-order chi connectivity index (χ0) is 8.69. The van der Waals surface area contributed by atoms with Gasteiger partial charge in [-0.15, -0.1) is 12.6 Å². The van der Waals surface area contributed by atoms with E-state index in [1.165, 1.54) is 0 Å². The van der Waals surface area contributed by atoms with E-state index in [0.29, 0.717) is 0 Å². The van der Waals surface area contributed by atoms with Gasteiger partial charge in [0, 0.05) is 4.90 Å². The third kappa shape index (κ3) is 11.8. The minimum Gasteiger partial charge on any atom is -0.143 e. The lowest BCUT2D eigenvalue weighted by molar-refractivity contribution is 1.48. The van der Waals surface area contributed by atoms with Gasteiger partial charge in [-0.2, -0.15) is 0 Å². The lowest BCUT2D eigenvalue weighted by Gasteiger charge is -1.81. The zero-order valence-electron chi connectivity index (χ0n) is 5.55. The van der Waals surface area contributed by atoms with Crippen molar-refractivity contribution in [3.63, 3.8) is 0 Å². The van der Waals surface area contributed by atoms with E-state index in [1.807, 2.05) is 30.3 Å². The van der Waals surface area contributed by atoms with Crippen LogP contribution in [0, 0.1) is 0 Å². The van der Waals surface area contributed by atoms with Crippen LogP contribution in [0.25, 0.3) is 0 Å². The average Bonchev–Trinajstić information content (AvgIpc) is 1.87. The fraction of sp³-hybridized carbons (Fsp3) is 0.143. The molecule has 1 aromatic carbocycles. The molecule has 0 fully saturated rings.